The first-order chi connectivity index (χ1) is 13.3. The third kappa shape index (κ3) is 4.17. The second-order valence-corrected chi connectivity index (χ2v) is 8.81. The molecule has 0 saturated carbocycles. The number of amides is 1. The molecule has 1 fully saturated rings. The number of carbonyl (C=O) groups excluding carboxylic acids is 2. The molecule has 1 heterocycles. The Balaban J connectivity index is 1.70. The number of aldehydes is 1. The van der Waals surface area contributed by atoms with E-state index in [1.165, 1.54) is 11.1 Å². The summed E-state index contributed by atoms with van der Waals surface area (Å²) in [6, 6.07) is 16.4. The summed E-state index contributed by atoms with van der Waals surface area (Å²) in [7, 11) is 1.90. The first-order valence-corrected chi connectivity index (χ1v) is 9.91. The molecule has 0 aromatic heterocycles. The van der Waals surface area contributed by atoms with Gasteiger partial charge in [0.05, 0.1) is 5.54 Å². The van der Waals surface area contributed by atoms with E-state index in [9.17, 15) is 9.59 Å². The summed E-state index contributed by atoms with van der Waals surface area (Å²) in [5.74, 6) is 0.0481. The number of nitrogens with zero attached hydrogens (tertiary/aromatic N) is 1. The molecule has 2 aromatic carbocycles. The van der Waals surface area contributed by atoms with Gasteiger partial charge in [-0.2, -0.15) is 0 Å². The van der Waals surface area contributed by atoms with E-state index < -0.39 is 0 Å². The van der Waals surface area contributed by atoms with E-state index in [-0.39, 0.29) is 16.9 Å². The van der Waals surface area contributed by atoms with Crippen LogP contribution < -0.4 is 5.32 Å². The van der Waals surface area contributed by atoms with Crippen LogP contribution in [0.2, 0.25) is 0 Å². The second kappa shape index (κ2) is 7.88. The van der Waals surface area contributed by atoms with Gasteiger partial charge in [0.15, 0.2) is 0 Å². The Labute approximate surface area is 167 Å². The molecule has 4 nitrogen and oxygen atoms in total. The van der Waals surface area contributed by atoms with E-state index in [1.54, 1.807) is 0 Å². The lowest BCUT2D eigenvalue weighted by Gasteiger charge is -2.50. The van der Waals surface area contributed by atoms with Crippen molar-refractivity contribution in [3.8, 4) is 11.1 Å². The molecule has 0 bridgehead atoms. The lowest BCUT2D eigenvalue weighted by molar-refractivity contribution is -0.108. The van der Waals surface area contributed by atoms with Crippen LogP contribution in [0, 0.1) is 0 Å². The molecule has 3 rings (SSSR count). The fraction of sp³-hybridized carbons (Fsp3) is 0.417. The highest BCUT2D eigenvalue weighted by atomic mass is 16.2. The molecule has 0 unspecified atom stereocenters. The molecule has 0 radical (unpaired) electrons. The van der Waals surface area contributed by atoms with Crippen LogP contribution in [0.4, 0.5) is 0 Å². The second-order valence-electron chi connectivity index (χ2n) is 8.81. The molecule has 4 heteroatoms. The SMILES string of the molecule is CNC1(CCC=O)CN(C(=O)c2ccc(-c3cccc(C(C)(C)C)c3)cc2)C1. The van der Waals surface area contributed by atoms with E-state index >= 15 is 0 Å². The van der Waals surface area contributed by atoms with Crippen LogP contribution in [0.15, 0.2) is 48.5 Å². The standard InChI is InChI=1S/C24H30N2O2/c1-23(2,3)21-8-5-7-20(15-21)18-9-11-19(12-10-18)22(28)26-16-24(17-26,25-4)13-6-14-27/h5,7-12,14-15,25H,6,13,16-17H2,1-4H3. The predicted molar refractivity (Wildman–Crippen MR) is 114 cm³/mol. The van der Waals surface area contributed by atoms with Gasteiger partial charge in [0, 0.05) is 25.1 Å². The molecule has 2 aromatic rings. The number of benzene rings is 2. The minimum absolute atomic E-state index is 0.0481. The van der Waals surface area contributed by atoms with Gasteiger partial charge in [-0.3, -0.25) is 4.79 Å². The first kappa shape index (κ1) is 20.3. The van der Waals surface area contributed by atoms with Crippen LogP contribution >= 0.6 is 0 Å². The summed E-state index contributed by atoms with van der Waals surface area (Å²) in [5.41, 5.74) is 4.26. The molecule has 148 valence electrons. The highest BCUT2D eigenvalue weighted by molar-refractivity contribution is 5.95. The molecule has 0 spiro atoms. The number of nitrogens with one attached hydrogen (secondary N) is 1. The summed E-state index contributed by atoms with van der Waals surface area (Å²) >= 11 is 0. The van der Waals surface area contributed by atoms with Gasteiger partial charge in [0.1, 0.15) is 6.29 Å². The van der Waals surface area contributed by atoms with Crippen molar-refractivity contribution < 1.29 is 9.59 Å². The van der Waals surface area contributed by atoms with Gasteiger partial charge in [-0.15, -0.1) is 0 Å². The van der Waals surface area contributed by atoms with E-state index in [1.807, 2.05) is 36.2 Å². The highest BCUT2D eigenvalue weighted by Gasteiger charge is 2.43. The molecule has 0 aliphatic carbocycles. The van der Waals surface area contributed by atoms with Gasteiger partial charge in [0.2, 0.25) is 0 Å². The van der Waals surface area contributed by atoms with Crippen LogP contribution in [-0.4, -0.2) is 42.8 Å². The van der Waals surface area contributed by atoms with Gasteiger partial charge in [-0.25, -0.2) is 0 Å². The third-order valence-corrected chi connectivity index (χ3v) is 5.74. The average Bonchev–Trinajstić information content (AvgIpc) is 2.67. The van der Waals surface area contributed by atoms with E-state index in [0.29, 0.717) is 25.1 Å². The maximum atomic E-state index is 12.8. The van der Waals surface area contributed by atoms with Crippen molar-refractivity contribution in [2.24, 2.45) is 0 Å². The van der Waals surface area contributed by atoms with Crippen molar-refractivity contribution in [2.45, 2.75) is 44.6 Å². The van der Waals surface area contributed by atoms with Crippen molar-refractivity contribution in [2.75, 3.05) is 20.1 Å². The lowest BCUT2D eigenvalue weighted by atomic mass is 9.84. The largest absolute Gasteiger partial charge is 0.335 e. The first-order valence-electron chi connectivity index (χ1n) is 9.91. The summed E-state index contributed by atoms with van der Waals surface area (Å²) in [4.78, 5) is 25.3. The summed E-state index contributed by atoms with van der Waals surface area (Å²) in [5, 5.41) is 3.28. The average molecular weight is 379 g/mol. The number of likely N-dealkylation sites (N-methyl/N-ethyl adjacent to an activating group) is 1. The van der Waals surface area contributed by atoms with Crippen LogP contribution in [0.3, 0.4) is 0 Å². The minimum Gasteiger partial charge on any atom is -0.335 e. The Morgan fingerprint density at radius 3 is 2.36 bits per heavy atom. The lowest BCUT2D eigenvalue weighted by Crippen LogP contribution is -2.69. The number of rotatable bonds is 6. The van der Waals surface area contributed by atoms with Crippen LogP contribution in [0.5, 0.6) is 0 Å². The number of carbonyl (C=O) groups is 2. The van der Waals surface area contributed by atoms with Crippen LogP contribution in [0.1, 0.15) is 49.5 Å². The van der Waals surface area contributed by atoms with E-state index in [4.69, 9.17) is 0 Å². The molecular formula is C24H30N2O2. The molecule has 1 N–H and O–H groups in total. The zero-order valence-corrected chi connectivity index (χ0v) is 17.3. The quantitative estimate of drug-likeness (QED) is 0.772. The maximum absolute atomic E-state index is 12.8. The monoisotopic (exact) mass is 378 g/mol. The van der Waals surface area contributed by atoms with Gasteiger partial charge in [-0.05, 0) is 47.7 Å². The van der Waals surface area contributed by atoms with E-state index in [2.05, 4.69) is 50.4 Å². The summed E-state index contributed by atoms with van der Waals surface area (Å²) in [6.45, 7) is 7.92. The maximum Gasteiger partial charge on any atom is 0.253 e. The van der Waals surface area contributed by atoms with Crippen molar-refractivity contribution in [1.82, 2.24) is 10.2 Å². The van der Waals surface area contributed by atoms with Gasteiger partial charge in [-0.1, -0.05) is 57.2 Å². The Morgan fingerprint density at radius 1 is 1.11 bits per heavy atom. The van der Waals surface area contributed by atoms with Crippen molar-refractivity contribution in [1.29, 1.82) is 0 Å². The smallest absolute Gasteiger partial charge is 0.253 e. The molecular weight excluding hydrogens is 348 g/mol. The number of hydrogen-bond acceptors (Lipinski definition) is 3. The Bertz CT molecular complexity index is 844. The Morgan fingerprint density at radius 2 is 1.79 bits per heavy atom. The van der Waals surface area contributed by atoms with Gasteiger partial charge in [0.25, 0.3) is 5.91 Å². The topological polar surface area (TPSA) is 49.4 Å². The van der Waals surface area contributed by atoms with Crippen molar-refractivity contribution in [3.05, 3.63) is 59.7 Å². The highest BCUT2D eigenvalue weighted by Crippen LogP contribution is 2.29. The zero-order valence-electron chi connectivity index (χ0n) is 17.3. The number of likely N-dealkylation sites (tertiary alicyclic amines) is 1. The Kier molecular flexibility index (Phi) is 5.71. The fourth-order valence-corrected chi connectivity index (χ4v) is 3.76. The van der Waals surface area contributed by atoms with Crippen molar-refractivity contribution >= 4 is 12.2 Å². The molecule has 1 aliphatic rings. The molecule has 1 saturated heterocycles. The van der Waals surface area contributed by atoms with Crippen molar-refractivity contribution in [3.63, 3.8) is 0 Å². The normalized spacial score (nSPS) is 15.8. The zero-order chi connectivity index (χ0) is 20.4. The fourth-order valence-electron chi connectivity index (χ4n) is 3.76. The molecule has 1 aliphatic heterocycles. The molecule has 28 heavy (non-hydrogen) atoms. The Hall–Kier alpha value is -2.46. The molecule has 0 atom stereocenters. The van der Waals surface area contributed by atoms with Gasteiger partial charge < -0.3 is 15.0 Å². The van der Waals surface area contributed by atoms with E-state index in [0.717, 1.165) is 18.3 Å². The predicted octanol–water partition coefficient (Wildman–Crippen LogP) is 4.04. The molecule has 1 amide bonds. The van der Waals surface area contributed by atoms with Crippen LogP contribution in [0.25, 0.3) is 11.1 Å². The summed E-state index contributed by atoms with van der Waals surface area (Å²) < 4.78 is 0. The van der Waals surface area contributed by atoms with Gasteiger partial charge >= 0.3 is 0 Å². The third-order valence-electron chi connectivity index (χ3n) is 5.74. The minimum atomic E-state index is -0.121. The number of hydrogen-bond donors (Lipinski definition) is 1. The van der Waals surface area contributed by atoms with Crippen LogP contribution in [-0.2, 0) is 10.2 Å². The summed E-state index contributed by atoms with van der Waals surface area (Å²) in [6.07, 6.45) is 2.22.